The summed E-state index contributed by atoms with van der Waals surface area (Å²) >= 11 is 0. The molecule has 0 spiro atoms. The Kier molecular flexibility index (Phi) is 7.53. The highest BCUT2D eigenvalue weighted by Gasteiger charge is 2.17. The number of carbonyl (C=O) groups excluding carboxylic acids is 1. The van der Waals surface area contributed by atoms with Crippen molar-refractivity contribution >= 4 is 17.2 Å². The standard InChI is InChI=1S/C26H29N5O5/c1-5-36-20-8-6-19(7-9-20)30-10-11-31-23(28-29-25(31)26(30)33)12-17(2)13-24(32)27-18-14-21(34-3)16-22(15-18)35-4/h6-11,14-17H,5,12-13H2,1-4H3,(H,27,32). The zero-order valence-electron chi connectivity index (χ0n) is 20.7. The van der Waals surface area contributed by atoms with Crippen LogP contribution in [-0.2, 0) is 11.2 Å². The van der Waals surface area contributed by atoms with E-state index in [1.165, 1.54) is 4.57 Å². The molecule has 0 bridgehead atoms. The number of ether oxygens (including phenoxy) is 3. The van der Waals surface area contributed by atoms with Gasteiger partial charge in [0.25, 0.3) is 0 Å². The maximum absolute atomic E-state index is 13.0. The second-order valence-electron chi connectivity index (χ2n) is 8.37. The number of anilines is 1. The van der Waals surface area contributed by atoms with E-state index in [1.807, 2.05) is 38.1 Å². The maximum Gasteiger partial charge on any atom is 0.300 e. The topological polar surface area (TPSA) is 109 Å². The smallest absolute Gasteiger partial charge is 0.300 e. The van der Waals surface area contributed by atoms with Crippen molar-refractivity contribution in [2.45, 2.75) is 26.7 Å². The molecule has 0 aliphatic rings. The predicted molar refractivity (Wildman–Crippen MR) is 135 cm³/mol. The van der Waals surface area contributed by atoms with Crippen LogP contribution < -0.4 is 25.1 Å². The Morgan fingerprint density at radius 2 is 1.69 bits per heavy atom. The van der Waals surface area contributed by atoms with Crippen molar-refractivity contribution in [1.29, 1.82) is 0 Å². The van der Waals surface area contributed by atoms with Gasteiger partial charge >= 0.3 is 5.56 Å². The van der Waals surface area contributed by atoms with Crippen LogP contribution in [0.5, 0.6) is 17.2 Å². The van der Waals surface area contributed by atoms with Crippen LogP contribution in [0.25, 0.3) is 11.3 Å². The van der Waals surface area contributed by atoms with Gasteiger partial charge in [0, 0.05) is 54.8 Å². The molecule has 0 radical (unpaired) electrons. The van der Waals surface area contributed by atoms with E-state index in [2.05, 4.69) is 15.5 Å². The fourth-order valence-corrected chi connectivity index (χ4v) is 3.94. The summed E-state index contributed by atoms with van der Waals surface area (Å²) in [6.45, 7) is 4.44. The number of benzene rings is 2. The Morgan fingerprint density at radius 1 is 1.00 bits per heavy atom. The molecule has 36 heavy (non-hydrogen) atoms. The Hall–Kier alpha value is -4.34. The monoisotopic (exact) mass is 491 g/mol. The molecular formula is C26H29N5O5. The van der Waals surface area contributed by atoms with Crippen molar-refractivity contribution in [1.82, 2.24) is 19.2 Å². The van der Waals surface area contributed by atoms with Crippen LogP contribution in [0.4, 0.5) is 5.69 Å². The van der Waals surface area contributed by atoms with Crippen molar-refractivity contribution in [3.05, 3.63) is 71.0 Å². The number of aromatic nitrogens is 4. The number of fused-ring (bicyclic) bond motifs is 1. The molecule has 0 aliphatic carbocycles. The summed E-state index contributed by atoms with van der Waals surface area (Å²) in [7, 11) is 3.11. The molecule has 4 rings (SSSR count). The Morgan fingerprint density at radius 3 is 2.33 bits per heavy atom. The molecule has 2 aromatic heterocycles. The highest BCUT2D eigenvalue weighted by atomic mass is 16.5. The first kappa shape index (κ1) is 24.8. The summed E-state index contributed by atoms with van der Waals surface area (Å²) in [5.74, 6) is 2.34. The van der Waals surface area contributed by atoms with Crippen molar-refractivity contribution in [3.8, 4) is 22.9 Å². The number of nitrogens with one attached hydrogen (secondary N) is 1. The summed E-state index contributed by atoms with van der Waals surface area (Å²) in [5.41, 5.74) is 1.24. The van der Waals surface area contributed by atoms with Gasteiger partial charge in [-0.15, -0.1) is 10.2 Å². The van der Waals surface area contributed by atoms with Gasteiger partial charge < -0.3 is 19.5 Å². The summed E-state index contributed by atoms with van der Waals surface area (Å²) in [5, 5.41) is 11.2. The molecule has 1 N–H and O–H groups in total. The van der Waals surface area contributed by atoms with Gasteiger partial charge in [-0.2, -0.15) is 0 Å². The minimum Gasteiger partial charge on any atom is -0.497 e. The highest BCUT2D eigenvalue weighted by Crippen LogP contribution is 2.26. The van der Waals surface area contributed by atoms with E-state index < -0.39 is 0 Å². The number of rotatable bonds is 10. The van der Waals surface area contributed by atoms with Crippen molar-refractivity contribution < 1.29 is 19.0 Å². The van der Waals surface area contributed by atoms with Crippen LogP contribution in [0.1, 0.15) is 26.1 Å². The van der Waals surface area contributed by atoms with E-state index in [0.717, 1.165) is 5.75 Å². The average Bonchev–Trinajstić information content (AvgIpc) is 3.28. The molecule has 1 atom stereocenters. The molecule has 4 aromatic rings. The predicted octanol–water partition coefficient (Wildman–Crippen LogP) is 3.50. The normalized spacial score (nSPS) is 11.8. The lowest BCUT2D eigenvalue weighted by atomic mass is 10.0. The zero-order valence-corrected chi connectivity index (χ0v) is 20.7. The van der Waals surface area contributed by atoms with Crippen LogP contribution in [0.15, 0.2) is 59.7 Å². The fraction of sp³-hybridized carbons (Fsp3) is 0.308. The third-order valence-corrected chi connectivity index (χ3v) is 5.67. The van der Waals surface area contributed by atoms with E-state index in [9.17, 15) is 9.59 Å². The number of methoxy groups -OCH3 is 2. The number of amides is 1. The zero-order chi connectivity index (χ0) is 25.7. The molecule has 1 unspecified atom stereocenters. The fourth-order valence-electron chi connectivity index (χ4n) is 3.94. The summed E-state index contributed by atoms with van der Waals surface area (Å²) in [4.78, 5) is 25.7. The van der Waals surface area contributed by atoms with Crippen molar-refractivity contribution in [3.63, 3.8) is 0 Å². The lowest BCUT2D eigenvalue weighted by Gasteiger charge is -2.13. The van der Waals surface area contributed by atoms with Gasteiger partial charge in [-0.3, -0.25) is 18.6 Å². The Balaban J connectivity index is 1.45. The first-order valence-corrected chi connectivity index (χ1v) is 11.6. The van der Waals surface area contributed by atoms with Gasteiger partial charge in [0.15, 0.2) is 0 Å². The highest BCUT2D eigenvalue weighted by molar-refractivity contribution is 5.91. The first-order chi connectivity index (χ1) is 17.4. The third kappa shape index (κ3) is 5.48. The van der Waals surface area contributed by atoms with E-state index in [-0.39, 0.29) is 29.5 Å². The Bertz CT molecular complexity index is 1390. The molecular weight excluding hydrogens is 462 g/mol. The first-order valence-electron chi connectivity index (χ1n) is 11.6. The van der Waals surface area contributed by atoms with Gasteiger partial charge in [-0.05, 0) is 37.1 Å². The van der Waals surface area contributed by atoms with Crippen LogP contribution in [0, 0.1) is 5.92 Å². The van der Waals surface area contributed by atoms with Crippen LogP contribution >= 0.6 is 0 Å². The third-order valence-electron chi connectivity index (χ3n) is 5.67. The second kappa shape index (κ2) is 10.9. The van der Waals surface area contributed by atoms with Gasteiger partial charge in [0.05, 0.1) is 20.8 Å². The van der Waals surface area contributed by atoms with E-state index in [4.69, 9.17) is 14.2 Å². The number of nitrogens with zero attached hydrogens (tertiary/aromatic N) is 4. The van der Waals surface area contributed by atoms with Crippen LogP contribution in [0.2, 0.25) is 0 Å². The Labute approximate surface area is 208 Å². The number of hydrogen-bond acceptors (Lipinski definition) is 7. The van der Waals surface area contributed by atoms with E-state index >= 15 is 0 Å². The second-order valence-corrected chi connectivity index (χ2v) is 8.37. The van der Waals surface area contributed by atoms with Gasteiger partial charge in [0.1, 0.15) is 23.1 Å². The minimum atomic E-state index is -0.280. The summed E-state index contributed by atoms with van der Waals surface area (Å²) in [6.07, 6.45) is 4.18. The molecule has 10 nitrogen and oxygen atoms in total. The summed E-state index contributed by atoms with van der Waals surface area (Å²) in [6, 6.07) is 12.5. The molecule has 0 aliphatic heterocycles. The largest absolute Gasteiger partial charge is 0.497 e. The molecule has 10 heteroatoms. The molecule has 0 saturated heterocycles. The van der Waals surface area contributed by atoms with Gasteiger partial charge in [0.2, 0.25) is 11.6 Å². The maximum atomic E-state index is 13.0. The van der Waals surface area contributed by atoms with Crippen molar-refractivity contribution in [2.24, 2.45) is 5.92 Å². The lowest BCUT2D eigenvalue weighted by molar-refractivity contribution is -0.116. The van der Waals surface area contributed by atoms with Crippen LogP contribution in [0.3, 0.4) is 0 Å². The van der Waals surface area contributed by atoms with E-state index in [1.54, 1.807) is 49.2 Å². The quantitative estimate of drug-likeness (QED) is 0.362. The summed E-state index contributed by atoms with van der Waals surface area (Å²) < 4.78 is 19.2. The van der Waals surface area contributed by atoms with Gasteiger partial charge in [-0.25, -0.2) is 0 Å². The molecule has 1 amide bonds. The SMILES string of the molecule is CCOc1ccc(-n2ccn3c(CC(C)CC(=O)Nc4cc(OC)cc(OC)c4)nnc3c2=O)cc1. The molecule has 0 fully saturated rings. The number of hydrogen-bond donors (Lipinski definition) is 1. The molecule has 0 saturated carbocycles. The van der Waals surface area contributed by atoms with Crippen LogP contribution in [-0.4, -0.2) is 45.9 Å². The molecule has 2 heterocycles. The van der Waals surface area contributed by atoms with E-state index in [0.29, 0.717) is 41.7 Å². The minimum absolute atomic E-state index is 0.0431. The average molecular weight is 492 g/mol. The number of carbonyl (C=O) groups is 1. The molecule has 188 valence electrons. The lowest BCUT2D eigenvalue weighted by Crippen LogP contribution is -2.21. The van der Waals surface area contributed by atoms with Gasteiger partial charge in [-0.1, -0.05) is 6.92 Å². The molecule has 2 aromatic carbocycles. The van der Waals surface area contributed by atoms with Crippen molar-refractivity contribution in [2.75, 3.05) is 26.1 Å².